The van der Waals surface area contributed by atoms with E-state index in [2.05, 4.69) is 24.2 Å². The van der Waals surface area contributed by atoms with Crippen LogP contribution in [0.15, 0.2) is 10.9 Å². The van der Waals surface area contributed by atoms with Crippen molar-refractivity contribution in [3.05, 3.63) is 12.0 Å². The molecule has 23 nitrogen and oxygen atoms in total. The van der Waals surface area contributed by atoms with Gasteiger partial charge in [0.25, 0.3) is 0 Å². The highest BCUT2D eigenvalue weighted by molar-refractivity contribution is 8.08. The Hall–Kier alpha value is -3.32. The zero-order valence-electron chi connectivity index (χ0n) is 27.3. The molecular weight excluding hydrogens is 773 g/mol. The lowest BCUT2D eigenvalue weighted by Gasteiger charge is -2.44. The number of phosphoric ester groups is 1. The van der Waals surface area contributed by atoms with Crippen LogP contribution in [-0.2, 0) is 77.3 Å². The van der Waals surface area contributed by atoms with Gasteiger partial charge in [0, 0.05) is 27.7 Å². The fraction of sp³-hybridized carbons (Fsp3) is 0.640. The van der Waals surface area contributed by atoms with E-state index in [-0.39, 0.29) is 22.6 Å². The Morgan fingerprint density at radius 1 is 0.962 bits per heavy atom. The number of esters is 4. The Kier molecular flexibility index (Phi) is 13.4. The first-order valence-corrected chi connectivity index (χ1v) is 18.8. The van der Waals surface area contributed by atoms with Crippen LogP contribution in [-0.4, -0.2) is 127 Å². The van der Waals surface area contributed by atoms with E-state index in [0.29, 0.717) is 0 Å². The quantitative estimate of drug-likeness (QED) is 0.0882. The number of aliphatic hydroxyl groups is 2. The van der Waals surface area contributed by atoms with Crippen molar-refractivity contribution in [2.45, 2.75) is 89.0 Å². The molecule has 0 radical (unpaired) electrons. The van der Waals surface area contributed by atoms with Gasteiger partial charge in [-0.3, -0.25) is 23.7 Å². The van der Waals surface area contributed by atoms with E-state index < -0.39 is 113 Å². The number of nitrogen functional groups attached to an aromatic ring is 1. The zero-order valence-corrected chi connectivity index (χ0v) is 29.9. The van der Waals surface area contributed by atoms with Gasteiger partial charge >= 0.3 is 38.4 Å². The van der Waals surface area contributed by atoms with Crippen molar-refractivity contribution >= 4 is 67.1 Å². The van der Waals surface area contributed by atoms with Crippen molar-refractivity contribution in [3.63, 3.8) is 0 Å². The maximum atomic E-state index is 15.4. The van der Waals surface area contributed by atoms with Gasteiger partial charge in [0.2, 0.25) is 11.9 Å². The minimum atomic E-state index is -5.73. The first kappa shape index (κ1) is 41.4. The Bertz CT molecular complexity index is 1750. The van der Waals surface area contributed by atoms with E-state index in [4.69, 9.17) is 54.8 Å². The number of rotatable bonds is 14. The summed E-state index contributed by atoms with van der Waals surface area (Å²) < 4.78 is 79.4. The standard InChI is InChI=1S/C25H33FN4O19P2S/c1-8(31)40-5-12(26)18-21(42-9(2)32)22(43-10(3)33)23(44-11(4)34)25(46-18)48-50(37,38)49-51(39,52)41-6-13-16(35)17(36)19(45-13)15-14-20(47-30-15)24(27)29-7-28-14/h7,12-13,16-19,21-23,25,35-36H,5-6H2,1-4H3,(H,37,38)(H,39,52)(H2,27,28,29)/t12-,13+,16-,17?,18?,19-,21+,22?,23+,25-,51?/m0/s1. The number of hydrogen-bond acceptors (Lipinski definition) is 22. The van der Waals surface area contributed by atoms with Crippen molar-refractivity contribution < 1.29 is 94.4 Å². The molecule has 2 aliphatic rings. The van der Waals surface area contributed by atoms with E-state index in [1.807, 2.05) is 0 Å². The number of phosphoric acid groups is 1. The third-order valence-corrected chi connectivity index (χ3v) is 10.5. The van der Waals surface area contributed by atoms with Crippen LogP contribution in [0.2, 0.25) is 0 Å². The second kappa shape index (κ2) is 16.8. The Labute approximate surface area is 296 Å². The molecule has 2 aliphatic heterocycles. The lowest BCUT2D eigenvalue weighted by Crippen LogP contribution is -2.64. The second-order valence-electron chi connectivity index (χ2n) is 11.0. The topological polar surface area (TPSA) is 327 Å². The molecular formula is C25H33FN4O19P2S. The number of carbonyl (C=O) groups is 4. The number of alkyl halides is 1. The third-order valence-electron chi connectivity index (χ3n) is 7.03. The van der Waals surface area contributed by atoms with Crippen LogP contribution < -0.4 is 5.73 Å². The minimum Gasteiger partial charge on any atom is -0.463 e. The predicted octanol–water partition coefficient (Wildman–Crippen LogP) is -0.850. The summed E-state index contributed by atoms with van der Waals surface area (Å²) >= 11 is 4.81. The summed E-state index contributed by atoms with van der Waals surface area (Å²) in [4.78, 5) is 76.3. The number of anilines is 1. The first-order valence-electron chi connectivity index (χ1n) is 14.7. The maximum absolute atomic E-state index is 15.4. The van der Waals surface area contributed by atoms with Crippen LogP contribution in [0.3, 0.4) is 0 Å². The first-order chi connectivity index (χ1) is 24.2. The summed E-state index contributed by atoms with van der Waals surface area (Å²) in [6, 6.07) is 0. The van der Waals surface area contributed by atoms with Crippen LogP contribution in [0.5, 0.6) is 0 Å². The molecule has 2 fully saturated rings. The van der Waals surface area contributed by atoms with E-state index in [0.717, 1.165) is 34.0 Å². The van der Waals surface area contributed by atoms with Crippen molar-refractivity contribution in [1.82, 2.24) is 15.1 Å². The lowest BCUT2D eigenvalue weighted by atomic mass is 9.95. The van der Waals surface area contributed by atoms with Crippen LogP contribution >= 0.6 is 14.5 Å². The van der Waals surface area contributed by atoms with Crippen molar-refractivity contribution in [2.75, 3.05) is 18.9 Å². The van der Waals surface area contributed by atoms with E-state index in [1.54, 1.807) is 0 Å². The molecule has 4 heterocycles. The maximum Gasteiger partial charge on any atom is 0.481 e. The molecule has 2 aromatic rings. The summed E-state index contributed by atoms with van der Waals surface area (Å²) in [7, 11) is -5.73. The molecule has 0 spiro atoms. The fourth-order valence-electron chi connectivity index (χ4n) is 5.04. The van der Waals surface area contributed by atoms with E-state index in [1.165, 1.54) is 0 Å². The molecule has 290 valence electrons. The molecule has 0 aliphatic carbocycles. The molecule has 2 saturated heterocycles. The molecule has 6 N–H and O–H groups in total. The molecule has 0 amide bonds. The van der Waals surface area contributed by atoms with Gasteiger partial charge in [-0.1, -0.05) is 5.16 Å². The number of carbonyl (C=O) groups excluding carboxylic acids is 4. The summed E-state index contributed by atoms with van der Waals surface area (Å²) in [5, 5.41) is 24.9. The Morgan fingerprint density at radius 2 is 1.58 bits per heavy atom. The number of aromatic nitrogens is 3. The highest BCUT2D eigenvalue weighted by Gasteiger charge is 2.57. The number of fused-ring (bicyclic) bond motifs is 1. The molecule has 0 saturated carbocycles. The summed E-state index contributed by atoms with van der Waals surface area (Å²) in [5.41, 5.74) is 5.67. The number of ether oxygens (including phenoxy) is 6. The molecule has 12 atom stereocenters. The van der Waals surface area contributed by atoms with Crippen LogP contribution in [0.1, 0.15) is 39.5 Å². The minimum absolute atomic E-state index is 0.0304. The summed E-state index contributed by atoms with van der Waals surface area (Å²) in [6.07, 6.45) is -18.0. The Balaban J connectivity index is 1.52. The largest absolute Gasteiger partial charge is 0.481 e. The van der Waals surface area contributed by atoms with Crippen LogP contribution in [0.25, 0.3) is 11.1 Å². The van der Waals surface area contributed by atoms with Crippen molar-refractivity contribution in [3.8, 4) is 0 Å². The smallest absolute Gasteiger partial charge is 0.463 e. The Morgan fingerprint density at radius 3 is 2.19 bits per heavy atom. The summed E-state index contributed by atoms with van der Waals surface area (Å²) in [5.74, 6) is -4.27. The number of aliphatic hydroxyl groups excluding tert-OH is 2. The third kappa shape index (κ3) is 10.2. The fourth-order valence-corrected chi connectivity index (χ4v) is 8.14. The van der Waals surface area contributed by atoms with Gasteiger partial charge in [0.05, 0.1) is 6.61 Å². The van der Waals surface area contributed by atoms with Gasteiger partial charge in [0.15, 0.2) is 30.3 Å². The molecule has 52 heavy (non-hydrogen) atoms. The SMILES string of the molecule is CC(=O)OC[C@H](F)C1O[C@@H](OP(=O)(O)OP(O)(=S)OC[C@H]2O[C@@H](c3noc4c(N)ncnc34)C(O)[C@H]2O)[C@H](OC(C)=O)C(OC(C)=O)[C@@H]1OC(C)=O. The molecule has 5 unspecified atom stereocenters. The zero-order chi connectivity index (χ0) is 38.7. The number of halogens is 1. The molecule has 0 bridgehead atoms. The van der Waals surface area contributed by atoms with Gasteiger partial charge in [-0.25, -0.2) is 23.2 Å². The van der Waals surface area contributed by atoms with Crippen LogP contribution in [0, 0.1) is 0 Å². The highest BCUT2D eigenvalue weighted by Crippen LogP contribution is 2.62. The molecule has 0 aromatic carbocycles. The van der Waals surface area contributed by atoms with Gasteiger partial charge in [0.1, 0.15) is 54.7 Å². The van der Waals surface area contributed by atoms with Crippen molar-refractivity contribution in [2.24, 2.45) is 0 Å². The number of nitrogens with zero attached hydrogens (tertiary/aromatic N) is 3. The van der Waals surface area contributed by atoms with E-state index in [9.17, 15) is 43.7 Å². The lowest BCUT2D eigenvalue weighted by molar-refractivity contribution is -0.296. The average Bonchev–Trinajstić information content (AvgIpc) is 3.57. The van der Waals surface area contributed by atoms with Gasteiger partial charge in [-0.2, -0.15) is 0 Å². The number of nitrogens with two attached hydrogens (primary N) is 1. The van der Waals surface area contributed by atoms with E-state index >= 15 is 4.39 Å². The van der Waals surface area contributed by atoms with Gasteiger partial charge < -0.3 is 63.2 Å². The second-order valence-corrected chi connectivity index (χ2v) is 15.4. The number of hydrogen-bond donors (Lipinski definition) is 5. The molecule has 2 aromatic heterocycles. The monoisotopic (exact) mass is 806 g/mol. The summed E-state index contributed by atoms with van der Waals surface area (Å²) in [6.45, 7) is -3.18. The molecule has 27 heteroatoms. The predicted molar refractivity (Wildman–Crippen MR) is 165 cm³/mol. The average molecular weight is 807 g/mol. The molecule has 4 rings (SSSR count). The van der Waals surface area contributed by atoms with Gasteiger partial charge in [-0.05, 0) is 11.8 Å². The van der Waals surface area contributed by atoms with Crippen molar-refractivity contribution in [1.29, 1.82) is 0 Å². The van der Waals surface area contributed by atoms with Gasteiger partial charge in [-0.15, -0.1) is 0 Å². The van der Waals surface area contributed by atoms with Crippen LogP contribution in [0.4, 0.5) is 10.2 Å². The normalized spacial score (nSPS) is 30.4. The highest BCUT2D eigenvalue weighted by atomic mass is 32.5.